The fourth-order valence-corrected chi connectivity index (χ4v) is 3.81. The number of carbonyl (C=O) groups is 1. The first kappa shape index (κ1) is 18.5. The third-order valence-electron chi connectivity index (χ3n) is 5.33. The lowest BCUT2D eigenvalue weighted by atomic mass is 9.71. The quantitative estimate of drug-likeness (QED) is 0.663. The molecule has 3 aromatic carbocycles. The Bertz CT molecular complexity index is 1080. The molecular weight excluding hydrogens is 360 g/mol. The van der Waals surface area contributed by atoms with E-state index in [1.165, 1.54) is 0 Å². The molecule has 0 saturated heterocycles. The second-order valence-corrected chi connectivity index (χ2v) is 6.90. The van der Waals surface area contributed by atoms with Crippen LogP contribution in [0, 0.1) is 6.57 Å². The van der Waals surface area contributed by atoms with Crippen LogP contribution in [-0.4, -0.2) is 13.0 Å². The lowest BCUT2D eigenvalue weighted by Gasteiger charge is -2.33. The predicted octanol–water partition coefficient (Wildman–Crippen LogP) is 4.76. The van der Waals surface area contributed by atoms with Crippen molar-refractivity contribution in [3.63, 3.8) is 0 Å². The highest BCUT2D eigenvalue weighted by atomic mass is 16.5. The lowest BCUT2D eigenvalue weighted by Crippen LogP contribution is -2.48. The van der Waals surface area contributed by atoms with Gasteiger partial charge in [-0.05, 0) is 29.3 Å². The number of nitrogens with one attached hydrogen (secondary N) is 1. The summed E-state index contributed by atoms with van der Waals surface area (Å²) in [5.74, 6) is -0.0347. The van der Waals surface area contributed by atoms with E-state index in [0.29, 0.717) is 11.3 Å². The molecule has 4 heteroatoms. The van der Waals surface area contributed by atoms with Gasteiger partial charge in [-0.1, -0.05) is 72.8 Å². The molecule has 3 aromatic rings. The van der Waals surface area contributed by atoms with Gasteiger partial charge < -0.3 is 10.1 Å². The van der Waals surface area contributed by atoms with Crippen molar-refractivity contribution in [1.29, 1.82) is 0 Å². The third-order valence-corrected chi connectivity index (χ3v) is 5.33. The molecule has 0 bridgehead atoms. The first-order valence-electron chi connectivity index (χ1n) is 9.36. The Kier molecular flexibility index (Phi) is 4.88. The van der Waals surface area contributed by atoms with Crippen molar-refractivity contribution in [1.82, 2.24) is 5.32 Å². The van der Waals surface area contributed by atoms with Crippen molar-refractivity contribution in [2.45, 2.75) is 11.5 Å². The third kappa shape index (κ3) is 3.17. The smallest absolute Gasteiger partial charge is 0.344 e. The minimum atomic E-state index is -1.38. The number of ether oxygens (including phenoxy) is 1. The highest BCUT2D eigenvalue weighted by Gasteiger charge is 2.56. The van der Waals surface area contributed by atoms with Gasteiger partial charge in [-0.3, -0.25) is 9.64 Å². The number of benzene rings is 3. The molecule has 4 rings (SSSR count). The second kappa shape index (κ2) is 7.65. The van der Waals surface area contributed by atoms with Crippen LogP contribution in [0.1, 0.15) is 22.6 Å². The Morgan fingerprint density at radius 2 is 1.55 bits per heavy atom. The van der Waals surface area contributed by atoms with Gasteiger partial charge in [0, 0.05) is 11.3 Å². The van der Waals surface area contributed by atoms with E-state index < -0.39 is 11.5 Å². The summed E-state index contributed by atoms with van der Waals surface area (Å²) < 4.78 is 5.28. The highest BCUT2D eigenvalue weighted by molar-refractivity contribution is 5.99. The van der Waals surface area contributed by atoms with Crippen LogP contribution in [0.5, 0.6) is 5.75 Å². The molecule has 142 valence electrons. The fraction of sp³-hybridized carbons (Fsp3) is 0.120. The van der Waals surface area contributed by atoms with Gasteiger partial charge in [0.05, 0.1) is 13.0 Å². The van der Waals surface area contributed by atoms with Crippen LogP contribution in [0.2, 0.25) is 0 Å². The van der Waals surface area contributed by atoms with Crippen LogP contribution in [0.25, 0.3) is 10.5 Å². The molecule has 0 aromatic heterocycles. The maximum atomic E-state index is 13.4. The predicted molar refractivity (Wildman–Crippen MR) is 113 cm³/mol. The molecule has 0 spiro atoms. The SMILES string of the molecule is [C-]#[N+][C@@]1(c2ccccc2)C(=O)NC(c2ccccc2)=C[C@H]1c1ccc(OC)cc1. The summed E-state index contributed by atoms with van der Waals surface area (Å²) in [6.45, 7) is 8.05. The maximum absolute atomic E-state index is 13.4. The summed E-state index contributed by atoms with van der Waals surface area (Å²) in [7, 11) is 1.61. The summed E-state index contributed by atoms with van der Waals surface area (Å²) in [5, 5.41) is 2.98. The monoisotopic (exact) mass is 380 g/mol. The van der Waals surface area contributed by atoms with E-state index in [0.717, 1.165) is 16.9 Å². The Labute approximate surface area is 170 Å². The van der Waals surface area contributed by atoms with E-state index in [9.17, 15) is 4.79 Å². The lowest BCUT2D eigenvalue weighted by molar-refractivity contribution is -0.124. The fourth-order valence-electron chi connectivity index (χ4n) is 3.81. The molecule has 0 unspecified atom stereocenters. The van der Waals surface area contributed by atoms with Crippen molar-refractivity contribution >= 4 is 11.6 Å². The molecule has 1 heterocycles. The van der Waals surface area contributed by atoms with Crippen LogP contribution in [-0.2, 0) is 10.3 Å². The summed E-state index contributed by atoms with van der Waals surface area (Å²) in [4.78, 5) is 17.4. The molecule has 0 aliphatic carbocycles. The van der Waals surface area contributed by atoms with Crippen molar-refractivity contribution < 1.29 is 9.53 Å². The normalized spacial score (nSPS) is 20.9. The summed E-state index contributed by atoms with van der Waals surface area (Å²) in [5.41, 5.74) is 1.80. The van der Waals surface area contributed by atoms with Crippen LogP contribution in [0.3, 0.4) is 0 Å². The molecule has 1 amide bonds. The van der Waals surface area contributed by atoms with Crippen molar-refractivity contribution in [3.05, 3.63) is 119 Å². The van der Waals surface area contributed by atoms with Crippen LogP contribution in [0.15, 0.2) is 91.0 Å². The maximum Gasteiger partial charge on any atom is 0.344 e. The topological polar surface area (TPSA) is 42.7 Å². The molecule has 1 aliphatic rings. The van der Waals surface area contributed by atoms with E-state index >= 15 is 0 Å². The number of hydrogen-bond donors (Lipinski definition) is 1. The van der Waals surface area contributed by atoms with Gasteiger partial charge in [-0.2, -0.15) is 0 Å². The molecule has 0 saturated carbocycles. The van der Waals surface area contributed by atoms with E-state index in [1.54, 1.807) is 7.11 Å². The molecule has 4 nitrogen and oxygen atoms in total. The number of carbonyl (C=O) groups excluding carboxylic acids is 1. The van der Waals surface area contributed by atoms with Gasteiger partial charge in [0.25, 0.3) is 0 Å². The van der Waals surface area contributed by atoms with E-state index in [1.807, 2.05) is 91.0 Å². The number of nitrogens with zero attached hydrogens (tertiary/aromatic N) is 1. The highest BCUT2D eigenvalue weighted by Crippen LogP contribution is 2.46. The number of methoxy groups -OCH3 is 1. The van der Waals surface area contributed by atoms with Crippen molar-refractivity contribution in [2.75, 3.05) is 7.11 Å². The summed E-state index contributed by atoms with van der Waals surface area (Å²) >= 11 is 0. The van der Waals surface area contributed by atoms with Gasteiger partial charge in [0.15, 0.2) is 0 Å². The summed E-state index contributed by atoms with van der Waals surface area (Å²) in [6.07, 6.45) is 1.99. The largest absolute Gasteiger partial charge is 0.497 e. The zero-order valence-electron chi connectivity index (χ0n) is 16.0. The van der Waals surface area contributed by atoms with E-state index in [4.69, 9.17) is 11.3 Å². The van der Waals surface area contributed by atoms with E-state index in [2.05, 4.69) is 10.2 Å². The molecule has 1 N–H and O–H groups in total. The Morgan fingerprint density at radius 3 is 2.14 bits per heavy atom. The minimum absolute atomic E-state index is 0.319. The zero-order chi connectivity index (χ0) is 20.3. The summed E-state index contributed by atoms with van der Waals surface area (Å²) in [6, 6.07) is 26.5. The second-order valence-electron chi connectivity index (χ2n) is 6.90. The standard InChI is InChI=1S/C25H20N2O2/c1-26-25(20-11-7-4-8-12-20)22(18-13-15-21(29-2)16-14-18)17-23(27-24(25)28)19-9-5-3-6-10-19/h3-17,22H,2H3,(H,27,28)/t22-,25+/m0/s1. The average molecular weight is 380 g/mol. The van der Waals surface area contributed by atoms with Gasteiger partial charge in [-0.25, -0.2) is 6.57 Å². The van der Waals surface area contributed by atoms with Gasteiger partial charge in [0.1, 0.15) is 5.75 Å². The van der Waals surface area contributed by atoms with Gasteiger partial charge in [0.2, 0.25) is 0 Å². The molecule has 29 heavy (non-hydrogen) atoms. The first-order chi connectivity index (χ1) is 14.2. The first-order valence-corrected chi connectivity index (χ1v) is 9.36. The van der Waals surface area contributed by atoms with Crippen molar-refractivity contribution in [2.24, 2.45) is 0 Å². The number of amides is 1. The average Bonchev–Trinajstić information content (AvgIpc) is 2.80. The van der Waals surface area contributed by atoms with Crippen LogP contribution >= 0.6 is 0 Å². The van der Waals surface area contributed by atoms with Crippen LogP contribution < -0.4 is 10.1 Å². The zero-order valence-corrected chi connectivity index (χ0v) is 16.0. The number of rotatable bonds is 4. The Morgan fingerprint density at radius 1 is 0.931 bits per heavy atom. The van der Waals surface area contributed by atoms with Gasteiger partial charge >= 0.3 is 11.4 Å². The van der Waals surface area contributed by atoms with Crippen LogP contribution in [0.4, 0.5) is 0 Å². The van der Waals surface area contributed by atoms with E-state index in [-0.39, 0.29) is 5.91 Å². The molecule has 0 radical (unpaired) electrons. The number of hydrogen-bond acceptors (Lipinski definition) is 2. The Hall–Kier alpha value is -3.84. The molecule has 1 aliphatic heterocycles. The minimum Gasteiger partial charge on any atom is -0.497 e. The molecule has 0 fully saturated rings. The molecular formula is C25H20N2O2. The Balaban J connectivity index is 1.93. The van der Waals surface area contributed by atoms with Gasteiger partial charge in [-0.15, -0.1) is 0 Å². The molecule has 2 atom stereocenters. The van der Waals surface area contributed by atoms with Crippen molar-refractivity contribution in [3.8, 4) is 5.75 Å².